The van der Waals surface area contributed by atoms with Gasteiger partial charge >= 0.3 is 6.85 Å². The van der Waals surface area contributed by atoms with Crippen molar-refractivity contribution in [3.05, 3.63) is 133 Å². The van der Waals surface area contributed by atoms with Gasteiger partial charge in [-0.1, -0.05) is 96.5 Å². The van der Waals surface area contributed by atoms with E-state index < -0.39 is 0 Å². The summed E-state index contributed by atoms with van der Waals surface area (Å²) in [5.41, 5.74) is 7.47. The fourth-order valence-electron chi connectivity index (χ4n) is 4.72. The first-order valence-electron chi connectivity index (χ1n) is 11.2. The highest BCUT2D eigenvalue weighted by atomic mass is 16.5. The summed E-state index contributed by atoms with van der Waals surface area (Å²) in [6.07, 6.45) is 0. The van der Waals surface area contributed by atoms with Gasteiger partial charge in [0.05, 0.1) is 0 Å². The van der Waals surface area contributed by atoms with Crippen LogP contribution in [0.5, 0.6) is 11.5 Å². The van der Waals surface area contributed by atoms with Crippen LogP contribution in [0.3, 0.4) is 0 Å². The minimum atomic E-state index is 0.0817. The molecule has 0 bridgehead atoms. The van der Waals surface area contributed by atoms with Gasteiger partial charge in [0.2, 0.25) is 0 Å². The first kappa shape index (κ1) is 19.5. The van der Waals surface area contributed by atoms with Gasteiger partial charge in [-0.2, -0.15) is 0 Å². The van der Waals surface area contributed by atoms with Crippen LogP contribution in [0.4, 0.5) is 11.4 Å². The number of nitrogens with zero attached hydrogens (tertiary/aromatic N) is 1. The van der Waals surface area contributed by atoms with Crippen molar-refractivity contribution in [3.8, 4) is 22.6 Å². The molecule has 156 valence electrons. The molecule has 1 aliphatic rings. The van der Waals surface area contributed by atoms with Crippen LogP contribution in [0.1, 0.15) is 0 Å². The highest BCUT2D eigenvalue weighted by Gasteiger charge is 2.36. The lowest BCUT2D eigenvalue weighted by Crippen LogP contribution is -2.57. The molecular weight excluding hydrogens is 401 g/mol. The third-order valence-electron chi connectivity index (χ3n) is 6.18. The lowest BCUT2D eigenvalue weighted by molar-refractivity contribution is 0.483. The summed E-state index contributed by atoms with van der Waals surface area (Å²) >= 11 is 0. The molecule has 1 heterocycles. The van der Waals surface area contributed by atoms with Crippen LogP contribution < -0.4 is 20.5 Å². The van der Waals surface area contributed by atoms with E-state index in [9.17, 15) is 0 Å². The van der Waals surface area contributed by atoms with Gasteiger partial charge in [-0.25, -0.2) is 0 Å². The van der Waals surface area contributed by atoms with Gasteiger partial charge in [-0.05, 0) is 53.5 Å². The molecule has 6 rings (SSSR count). The summed E-state index contributed by atoms with van der Waals surface area (Å²) in [5.74, 6) is 1.66. The molecule has 0 spiro atoms. The molecule has 5 aromatic carbocycles. The second kappa shape index (κ2) is 8.36. The third-order valence-corrected chi connectivity index (χ3v) is 6.18. The Morgan fingerprint density at radius 3 is 1.82 bits per heavy atom. The van der Waals surface area contributed by atoms with Crippen molar-refractivity contribution in [2.45, 2.75) is 0 Å². The molecule has 0 fully saturated rings. The minimum absolute atomic E-state index is 0.0817. The van der Waals surface area contributed by atoms with Crippen molar-refractivity contribution < 1.29 is 4.74 Å². The SMILES string of the molecule is c1ccc(Oc2ccc(N3B(c4ccccc4)c4ccccc4-c4ccccc43)cc2)cc1. The summed E-state index contributed by atoms with van der Waals surface area (Å²) in [6.45, 7) is 0.0817. The number of hydrogen-bond donors (Lipinski definition) is 0. The Bertz CT molecular complexity index is 1380. The first-order chi connectivity index (χ1) is 16.4. The molecule has 0 atom stereocenters. The Hall–Kier alpha value is -4.24. The molecule has 0 amide bonds. The number of fused-ring (bicyclic) bond motifs is 3. The molecule has 2 nitrogen and oxygen atoms in total. The van der Waals surface area contributed by atoms with Gasteiger partial charge in [0.1, 0.15) is 11.5 Å². The molecule has 0 unspecified atom stereocenters. The van der Waals surface area contributed by atoms with Crippen LogP contribution in [0.25, 0.3) is 11.1 Å². The maximum Gasteiger partial charge on any atom is 0.328 e. The topological polar surface area (TPSA) is 12.5 Å². The molecule has 5 aromatic rings. The van der Waals surface area contributed by atoms with Crippen LogP contribution >= 0.6 is 0 Å². The summed E-state index contributed by atoms with van der Waals surface area (Å²) in [4.78, 5) is 2.44. The first-order valence-corrected chi connectivity index (χ1v) is 11.2. The van der Waals surface area contributed by atoms with E-state index in [0.29, 0.717) is 0 Å². The maximum atomic E-state index is 6.04. The molecule has 1 aliphatic heterocycles. The zero-order chi connectivity index (χ0) is 22.0. The van der Waals surface area contributed by atoms with Crippen LogP contribution in [-0.2, 0) is 0 Å². The number of rotatable bonds is 4. The lowest BCUT2D eigenvalue weighted by atomic mass is 9.46. The van der Waals surface area contributed by atoms with E-state index in [1.807, 2.05) is 42.5 Å². The number of anilines is 2. The van der Waals surface area contributed by atoms with Crippen molar-refractivity contribution in [3.63, 3.8) is 0 Å². The van der Waals surface area contributed by atoms with Crippen LogP contribution in [-0.4, -0.2) is 6.85 Å². The second-order valence-electron chi connectivity index (χ2n) is 8.20. The zero-order valence-corrected chi connectivity index (χ0v) is 18.1. The number of para-hydroxylation sites is 2. The average molecular weight is 423 g/mol. The van der Waals surface area contributed by atoms with E-state index in [1.54, 1.807) is 0 Å². The Morgan fingerprint density at radius 2 is 1.06 bits per heavy atom. The van der Waals surface area contributed by atoms with Gasteiger partial charge in [-0.15, -0.1) is 0 Å². The summed E-state index contributed by atoms with van der Waals surface area (Å²) in [7, 11) is 0. The van der Waals surface area contributed by atoms with Crippen molar-refractivity contribution in [2.75, 3.05) is 4.81 Å². The van der Waals surface area contributed by atoms with Crippen LogP contribution in [0.2, 0.25) is 0 Å². The van der Waals surface area contributed by atoms with E-state index in [0.717, 1.165) is 17.2 Å². The predicted molar refractivity (Wildman–Crippen MR) is 138 cm³/mol. The summed E-state index contributed by atoms with van der Waals surface area (Å²) in [5, 5.41) is 0. The molecule has 33 heavy (non-hydrogen) atoms. The smallest absolute Gasteiger partial charge is 0.328 e. The number of ether oxygens (including phenoxy) is 1. The van der Waals surface area contributed by atoms with E-state index in [-0.39, 0.29) is 6.85 Å². The van der Waals surface area contributed by atoms with Crippen LogP contribution in [0.15, 0.2) is 133 Å². The molecule has 0 radical (unpaired) electrons. The molecular formula is C30H22BNO. The van der Waals surface area contributed by atoms with Gasteiger partial charge in [0, 0.05) is 16.9 Å². The standard InChI is InChI=1S/C30H22BNO/c1-3-11-23(12-4-1)31-29-17-9-7-15-27(29)28-16-8-10-18-30(28)32(31)24-19-21-26(22-20-24)33-25-13-5-2-6-14-25/h1-22H. The van der Waals surface area contributed by atoms with Crippen molar-refractivity contribution in [2.24, 2.45) is 0 Å². The number of hydrogen-bond acceptors (Lipinski definition) is 2. The summed E-state index contributed by atoms with van der Waals surface area (Å²) in [6, 6.07) is 46.5. The lowest BCUT2D eigenvalue weighted by Gasteiger charge is -2.39. The zero-order valence-electron chi connectivity index (χ0n) is 18.1. The van der Waals surface area contributed by atoms with E-state index >= 15 is 0 Å². The normalized spacial score (nSPS) is 12.1. The predicted octanol–water partition coefficient (Wildman–Crippen LogP) is 6.40. The average Bonchev–Trinajstić information content (AvgIpc) is 2.89. The van der Waals surface area contributed by atoms with Gasteiger partial charge in [-0.3, -0.25) is 0 Å². The van der Waals surface area contributed by atoms with Gasteiger partial charge in [0.25, 0.3) is 0 Å². The molecule has 0 aromatic heterocycles. The van der Waals surface area contributed by atoms with E-state index in [2.05, 4.69) is 95.8 Å². The Morgan fingerprint density at radius 1 is 0.485 bits per heavy atom. The van der Waals surface area contributed by atoms with Crippen molar-refractivity contribution in [1.29, 1.82) is 0 Å². The Kier molecular flexibility index (Phi) is 4.93. The fraction of sp³-hybridized carbons (Fsp3) is 0. The summed E-state index contributed by atoms with van der Waals surface area (Å²) < 4.78 is 6.04. The second-order valence-corrected chi connectivity index (χ2v) is 8.20. The van der Waals surface area contributed by atoms with Crippen molar-refractivity contribution in [1.82, 2.24) is 0 Å². The molecule has 0 aliphatic carbocycles. The fourth-order valence-corrected chi connectivity index (χ4v) is 4.72. The minimum Gasteiger partial charge on any atom is -0.457 e. The maximum absolute atomic E-state index is 6.04. The molecule has 0 N–H and O–H groups in total. The monoisotopic (exact) mass is 423 g/mol. The quantitative estimate of drug-likeness (QED) is 0.310. The third kappa shape index (κ3) is 3.58. The molecule has 3 heteroatoms. The Balaban J connectivity index is 1.48. The van der Waals surface area contributed by atoms with Crippen molar-refractivity contribution >= 4 is 29.1 Å². The largest absolute Gasteiger partial charge is 0.457 e. The number of benzene rings is 5. The van der Waals surface area contributed by atoms with Crippen LogP contribution in [0, 0.1) is 0 Å². The van der Waals surface area contributed by atoms with E-state index in [4.69, 9.17) is 4.74 Å². The molecule has 0 saturated heterocycles. The van der Waals surface area contributed by atoms with E-state index in [1.165, 1.54) is 27.7 Å². The van der Waals surface area contributed by atoms with Gasteiger partial charge in [0.15, 0.2) is 0 Å². The highest BCUT2D eigenvalue weighted by molar-refractivity contribution is 6.90. The highest BCUT2D eigenvalue weighted by Crippen LogP contribution is 2.39. The van der Waals surface area contributed by atoms with Gasteiger partial charge < -0.3 is 9.55 Å². The Labute approximate surface area is 194 Å². The molecule has 0 saturated carbocycles.